The predicted octanol–water partition coefficient (Wildman–Crippen LogP) is 6.67. The van der Waals surface area contributed by atoms with Crippen molar-refractivity contribution in [1.82, 2.24) is 5.16 Å². The Hall–Kier alpha value is -3.03. The standard InChI is InChI=1S/C28H26Cl2N2O5/c1-35-27(33)16-7-9-17(10-8-16)32-18-11-12-19(32)14-20(13-18)36-28(34)24-25(31-37-26(24)15-5-6-15)23-21(29)3-2-4-22(23)30/h2-4,7-10,15,18-20H,5-6,11-14H2,1H3/t18-,19+,20+. The highest BCUT2D eigenvalue weighted by Crippen LogP contribution is 2.47. The molecule has 6 rings (SSSR count). The summed E-state index contributed by atoms with van der Waals surface area (Å²) in [5, 5.41) is 5.03. The Morgan fingerprint density at radius 1 is 0.946 bits per heavy atom. The number of benzene rings is 2. The minimum Gasteiger partial charge on any atom is -0.465 e. The molecule has 2 bridgehead atoms. The Balaban J connectivity index is 1.22. The Labute approximate surface area is 224 Å². The van der Waals surface area contributed by atoms with Crippen LogP contribution in [0.3, 0.4) is 0 Å². The number of esters is 2. The number of hydrogen-bond donors (Lipinski definition) is 0. The zero-order valence-electron chi connectivity index (χ0n) is 20.3. The van der Waals surface area contributed by atoms with Crippen LogP contribution in [0.15, 0.2) is 47.0 Å². The molecule has 0 amide bonds. The number of nitrogens with zero attached hydrogens (tertiary/aromatic N) is 2. The van der Waals surface area contributed by atoms with Gasteiger partial charge in [0, 0.05) is 42.1 Å². The molecular formula is C28H26Cl2N2O5. The van der Waals surface area contributed by atoms with Crippen molar-refractivity contribution in [2.24, 2.45) is 0 Å². The lowest BCUT2D eigenvalue weighted by molar-refractivity contribution is 0.0202. The molecule has 37 heavy (non-hydrogen) atoms. The largest absolute Gasteiger partial charge is 0.465 e. The lowest BCUT2D eigenvalue weighted by atomic mass is 9.98. The molecule has 3 fully saturated rings. The lowest BCUT2D eigenvalue weighted by Crippen LogP contribution is -2.46. The summed E-state index contributed by atoms with van der Waals surface area (Å²) < 4.78 is 16.6. The minimum atomic E-state index is -0.436. The Bertz CT molecular complexity index is 1320. The van der Waals surface area contributed by atoms with Crippen LogP contribution in [-0.4, -0.2) is 42.4 Å². The second kappa shape index (κ2) is 9.69. The van der Waals surface area contributed by atoms with Crippen molar-refractivity contribution in [2.75, 3.05) is 12.0 Å². The number of piperidine rings is 1. The summed E-state index contributed by atoms with van der Waals surface area (Å²) in [5.74, 6) is -0.0653. The molecule has 0 radical (unpaired) electrons. The molecule has 1 saturated carbocycles. The molecule has 1 aliphatic carbocycles. The zero-order valence-corrected chi connectivity index (χ0v) is 21.8. The van der Waals surface area contributed by atoms with E-state index in [2.05, 4.69) is 10.1 Å². The number of halogens is 2. The molecule has 0 spiro atoms. The predicted molar refractivity (Wildman–Crippen MR) is 139 cm³/mol. The van der Waals surface area contributed by atoms with E-state index in [0.717, 1.165) is 44.2 Å². The summed E-state index contributed by atoms with van der Waals surface area (Å²) in [6.07, 6.45) is 5.19. The van der Waals surface area contributed by atoms with Crippen molar-refractivity contribution in [3.8, 4) is 11.3 Å². The van der Waals surface area contributed by atoms with Crippen molar-refractivity contribution in [3.05, 3.63) is 69.4 Å². The first-order valence-corrected chi connectivity index (χ1v) is 13.3. The molecule has 2 saturated heterocycles. The van der Waals surface area contributed by atoms with Gasteiger partial charge in [0.05, 0.1) is 22.7 Å². The second-order valence-corrected chi connectivity index (χ2v) is 10.8. The first-order valence-electron chi connectivity index (χ1n) is 12.6. The van der Waals surface area contributed by atoms with Crippen LogP contribution in [0, 0.1) is 0 Å². The average Bonchev–Trinajstić information content (AvgIpc) is 3.59. The number of ether oxygens (including phenoxy) is 2. The number of fused-ring (bicyclic) bond motifs is 2. The third kappa shape index (κ3) is 4.48. The third-order valence-corrected chi connectivity index (χ3v) is 8.25. The van der Waals surface area contributed by atoms with Gasteiger partial charge >= 0.3 is 11.9 Å². The van der Waals surface area contributed by atoms with E-state index in [1.807, 2.05) is 12.1 Å². The molecule has 0 N–H and O–H groups in total. The van der Waals surface area contributed by atoms with Crippen molar-refractivity contribution in [2.45, 2.75) is 62.6 Å². The topological polar surface area (TPSA) is 81.9 Å². The molecule has 3 aliphatic rings. The van der Waals surface area contributed by atoms with Crippen LogP contribution >= 0.6 is 23.2 Å². The molecular weight excluding hydrogens is 515 g/mol. The van der Waals surface area contributed by atoms with Gasteiger partial charge in [-0.1, -0.05) is 34.4 Å². The van der Waals surface area contributed by atoms with Gasteiger partial charge in [-0.05, 0) is 62.1 Å². The summed E-state index contributed by atoms with van der Waals surface area (Å²) in [5.41, 5.74) is 2.76. The van der Waals surface area contributed by atoms with Crippen molar-refractivity contribution in [3.63, 3.8) is 0 Å². The fourth-order valence-electron chi connectivity index (χ4n) is 5.76. The van der Waals surface area contributed by atoms with Crippen LogP contribution in [0.25, 0.3) is 11.3 Å². The number of anilines is 1. The monoisotopic (exact) mass is 540 g/mol. The summed E-state index contributed by atoms with van der Waals surface area (Å²) in [4.78, 5) is 27.8. The van der Waals surface area contributed by atoms with E-state index in [4.69, 9.17) is 37.2 Å². The van der Waals surface area contributed by atoms with Crippen LogP contribution < -0.4 is 4.90 Å². The van der Waals surface area contributed by atoms with Crippen LogP contribution in [0.5, 0.6) is 0 Å². The number of carbonyl (C=O) groups is 2. The van der Waals surface area contributed by atoms with Crippen LogP contribution in [-0.2, 0) is 9.47 Å². The highest BCUT2D eigenvalue weighted by Gasteiger charge is 2.43. The molecule has 2 aromatic carbocycles. The quantitative estimate of drug-likeness (QED) is 0.323. The molecule has 3 atom stereocenters. The van der Waals surface area contributed by atoms with Gasteiger partial charge in [0.25, 0.3) is 0 Å². The number of aromatic nitrogens is 1. The average molecular weight is 541 g/mol. The minimum absolute atomic E-state index is 0.163. The first kappa shape index (κ1) is 24.3. The molecule has 0 unspecified atom stereocenters. The van der Waals surface area contributed by atoms with Crippen LogP contribution in [0.4, 0.5) is 5.69 Å². The van der Waals surface area contributed by atoms with Gasteiger partial charge in [-0.2, -0.15) is 0 Å². The lowest BCUT2D eigenvalue weighted by Gasteiger charge is -2.40. The normalized spacial score (nSPS) is 22.7. The number of hydrogen-bond acceptors (Lipinski definition) is 7. The summed E-state index contributed by atoms with van der Waals surface area (Å²) in [6.45, 7) is 0. The SMILES string of the molecule is COC(=O)c1ccc(N2[C@@H]3CC[C@H]2C[C@@H](OC(=O)c2c(-c4c(Cl)cccc4Cl)noc2C2CC2)C3)cc1. The molecule has 192 valence electrons. The van der Waals surface area contributed by atoms with Crippen molar-refractivity contribution in [1.29, 1.82) is 0 Å². The van der Waals surface area contributed by atoms with E-state index in [0.29, 0.717) is 38.2 Å². The summed E-state index contributed by atoms with van der Waals surface area (Å²) in [6, 6.07) is 13.2. The van der Waals surface area contributed by atoms with E-state index < -0.39 is 5.97 Å². The zero-order chi connectivity index (χ0) is 25.7. The summed E-state index contributed by atoms with van der Waals surface area (Å²) >= 11 is 12.9. The summed E-state index contributed by atoms with van der Waals surface area (Å²) in [7, 11) is 1.38. The molecule has 2 aliphatic heterocycles. The fraction of sp³-hybridized carbons (Fsp3) is 0.393. The van der Waals surface area contributed by atoms with E-state index in [9.17, 15) is 9.59 Å². The molecule has 3 heterocycles. The van der Waals surface area contributed by atoms with E-state index in [1.54, 1.807) is 30.3 Å². The maximum atomic E-state index is 13.6. The van der Waals surface area contributed by atoms with Gasteiger partial charge in [0.2, 0.25) is 0 Å². The van der Waals surface area contributed by atoms with Gasteiger partial charge in [0.15, 0.2) is 5.76 Å². The van der Waals surface area contributed by atoms with Gasteiger partial charge in [0.1, 0.15) is 17.4 Å². The van der Waals surface area contributed by atoms with Crippen LogP contribution in [0.2, 0.25) is 10.0 Å². The Kier molecular flexibility index (Phi) is 6.37. The molecule has 3 aromatic rings. The van der Waals surface area contributed by atoms with E-state index >= 15 is 0 Å². The van der Waals surface area contributed by atoms with Gasteiger partial charge in [-0.15, -0.1) is 0 Å². The highest BCUT2D eigenvalue weighted by molar-refractivity contribution is 6.39. The smallest absolute Gasteiger partial charge is 0.344 e. The Morgan fingerprint density at radius 2 is 1.59 bits per heavy atom. The number of methoxy groups -OCH3 is 1. The van der Waals surface area contributed by atoms with Crippen molar-refractivity contribution < 1.29 is 23.6 Å². The molecule has 9 heteroatoms. The van der Waals surface area contributed by atoms with Crippen LogP contribution in [0.1, 0.15) is 70.9 Å². The van der Waals surface area contributed by atoms with E-state index in [-0.39, 0.29) is 30.1 Å². The van der Waals surface area contributed by atoms with E-state index in [1.165, 1.54) is 7.11 Å². The Morgan fingerprint density at radius 3 is 2.19 bits per heavy atom. The number of rotatable bonds is 6. The highest BCUT2D eigenvalue weighted by atomic mass is 35.5. The van der Waals surface area contributed by atoms with Gasteiger partial charge in [-0.3, -0.25) is 0 Å². The van der Waals surface area contributed by atoms with Gasteiger partial charge < -0.3 is 18.9 Å². The molecule has 7 nitrogen and oxygen atoms in total. The van der Waals surface area contributed by atoms with Gasteiger partial charge in [-0.25, -0.2) is 9.59 Å². The maximum absolute atomic E-state index is 13.6. The second-order valence-electron chi connectivity index (χ2n) is 9.97. The molecule has 1 aromatic heterocycles. The first-order chi connectivity index (χ1) is 17.9. The number of carbonyl (C=O) groups excluding carboxylic acids is 2. The van der Waals surface area contributed by atoms with Crippen molar-refractivity contribution >= 4 is 40.8 Å². The third-order valence-electron chi connectivity index (χ3n) is 7.62. The fourth-order valence-corrected chi connectivity index (χ4v) is 6.34. The maximum Gasteiger partial charge on any atom is 0.344 e.